The van der Waals surface area contributed by atoms with Gasteiger partial charge in [-0.1, -0.05) is 25.7 Å². The molecule has 1 aliphatic rings. The number of hydrogen-bond acceptors (Lipinski definition) is 2. The fraction of sp³-hybridized carbons (Fsp3) is 0.667. The lowest BCUT2D eigenvalue weighted by molar-refractivity contribution is 0.441. The predicted octanol–water partition coefficient (Wildman–Crippen LogP) is 3.20. The second-order valence-corrected chi connectivity index (χ2v) is 5.26. The monoisotopic (exact) mass is 209 g/mol. The van der Waals surface area contributed by atoms with E-state index in [0.29, 0.717) is 6.04 Å². The molecule has 2 rings (SSSR count). The maximum Gasteiger partial charge on any atom is 0.00822 e. The summed E-state index contributed by atoms with van der Waals surface area (Å²) in [7, 11) is 0. The molecule has 1 nitrogen and oxygen atoms in total. The van der Waals surface area contributed by atoms with Gasteiger partial charge in [0.2, 0.25) is 0 Å². The summed E-state index contributed by atoms with van der Waals surface area (Å²) in [5.41, 5.74) is 7.57. The molecule has 1 atom stereocenters. The molecule has 0 radical (unpaired) electrons. The fourth-order valence-electron chi connectivity index (χ4n) is 2.47. The lowest BCUT2D eigenvalue weighted by atomic mass is 9.95. The van der Waals surface area contributed by atoms with Crippen molar-refractivity contribution in [2.24, 2.45) is 11.7 Å². The highest BCUT2D eigenvalue weighted by Crippen LogP contribution is 2.28. The zero-order chi connectivity index (χ0) is 9.80. The summed E-state index contributed by atoms with van der Waals surface area (Å²) in [6, 6.07) is 2.58. The van der Waals surface area contributed by atoms with Crippen molar-refractivity contribution in [2.75, 3.05) is 0 Å². The molecule has 1 aromatic heterocycles. The van der Waals surface area contributed by atoms with Gasteiger partial charge in [-0.25, -0.2) is 0 Å². The third-order valence-electron chi connectivity index (χ3n) is 3.19. The number of thiophene rings is 1. The van der Waals surface area contributed by atoms with Gasteiger partial charge >= 0.3 is 0 Å². The maximum atomic E-state index is 6.15. The summed E-state index contributed by atoms with van der Waals surface area (Å²) >= 11 is 1.77. The van der Waals surface area contributed by atoms with Gasteiger partial charge in [-0.05, 0) is 41.1 Å². The molecule has 0 spiro atoms. The van der Waals surface area contributed by atoms with E-state index in [1.807, 2.05) is 0 Å². The summed E-state index contributed by atoms with van der Waals surface area (Å²) in [6.07, 6.45) is 7.98. The Balaban J connectivity index is 1.75. The van der Waals surface area contributed by atoms with E-state index in [-0.39, 0.29) is 0 Å². The summed E-state index contributed by atoms with van der Waals surface area (Å²) in [5, 5.41) is 4.35. The normalized spacial score (nSPS) is 20.1. The van der Waals surface area contributed by atoms with Crippen molar-refractivity contribution >= 4 is 11.3 Å². The fourth-order valence-corrected chi connectivity index (χ4v) is 3.15. The van der Waals surface area contributed by atoms with Crippen LogP contribution in [-0.4, -0.2) is 6.04 Å². The van der Waals surface area contributed by atoms with E-state index in [4.69, 9.17) is 5.73 Å². The zero-order valence-corrected chi connectivity index (χ0v) is 9.43. The average Bonchev–Trinajstić information content (AvgIpc) is 2.76. The Morgan fingerprint density at radius 3 is 2.86 bits per heavy atom. The molecule has 2 heteroatoms. The average molecular weight is 209 g/mol. The summed E-state index contributed by atoms with van der Waals surface area (Å²) in [4.78, 5) is 0. The van der Waals surface area contributed by atoms with E-state index < -0.39 is 0 Å². The number of hydrogen-bond donors (Lipinski definition) is 1. The van der Waals surface area contributed by atoms with Gasteiger partial charge in [0, 0.05) is 6.04 Å². The minimum atomic E-state index is 0.382. The first kappa shape index (κ1) is 10.2. The Morgan fingerprint density at radius 2 is 2.21 bits per heavy atom. The highest BCUT2D eigenvalue weighted by molar-refractivity contribution is 7.07. The molecule has 0 aromatic carbocycles. The van der Waals surface area contributed by atoms with Crippen LogP contribution in [0, 0.1) is 5.92 Å². The third kappa shape index (κ3) is 2.82. The largest absolute Gasteiger partial charge is 0.327 e. The maximum absolute atomic E-state index is 6.15. The Labute approximate surface area is 90.3 Å². The third-order valence-corrected chi connectivity index (χ3v) is 3.92. The second kappa shape index (κ2) is 4.94. The van der Waals surface area contributed by atoms with Gasteiger partial charge in [0.05, 0.1) is 0 Å². The van der Waals surface area contributed by atoms with Crippen LogP contribution in [0.25, 0.3) is 0 Å². The van der Waals surface area contributed by atoms with Gasteiger partial charge < -0.3 is 5.73 Å². The van der Waals surface area contributed by atoms with E-state index in [9.17, 15) is 0 Å². The van der Waals surface area contributed by atoms with Crippen molar-refractivity contribution in [2.45, 2.75) is 44.6 Å². The molecule has 78 valence electrons. The van der Waals surface area contributed by atoms with Crippen LogP contribution in [-0.2, 0) is 6.42 Å². The Kier molecular flexibility index (Phi) is 3.60. The Bertz CT molecular complexity index is 249. The molecule has 0 saturated heterocycles. The summed E-state index contributed by atoms with van der Waals surface area (Å²) in [6.45, 7) is 0. The van der Waals surface area contributed by atoms with Crippen LogP contribution >= 0.6 is 11.3 Å². The Morgan fingerprint density at radius 1 is 1.43 bits per heavy atom. The van der Waals surface area contributed by atoms with Crippen LogP contribution in [0.4, 0.5) is 0 Å². The highest BCUT2D eigenvalue weighted by atomic mass is 32.1. The zero-order valence-electron chi connectivity index (χ0n) is 8.61. The van der Waals surface area contributed by atoms with E-state index in [2.05, 4.69) is 16.8 Å². The summed E-state index contributed by atoms with van der Waals surface area (Å²) < 4.78 is 0. The van der Waals surface area contributed by atoms with E-state index in [1.54, 1.807) is 11.3 Å². The van der Waals surface area contributed by atoms with Gasteiger partial charge in [0.25, 0.3) is 0 Å². The molecule has 1 saturated carbocycles. The van der Waals surface area contributed by atoms with Gasteiger partial charge in [0.1, 0.15) is 0 Å². The van der Waals surface area contributed by atoms with Crippen LogP contribution < -0.4 is 5.73 Å². The molecule has 1 aromatic rings. The van der Waals surface area contributed by atoms with Crippen LogP contribution in [0.2, 0.25) is 0 Å². The van der Waals surface area contributed by atoms with E-state index >= 15 is 0 Å². The smallest absolute Gasteiger partial charge is 0.00822 e. The molecule has 0 amide bonds. The molecule has 1 aliphatic carbocycles. The van der Waals surface area contributed by atoms with Gasteiger partial charge in [-0.15, -0.1) is 0 Å². The first-order valence-electron chi connectivity index (χ1n) is 5.61. The van der Waals surface area contributed by atoms with Gasteiger partial charge in [-0.2, -0.15) is 11.3 Å². The van der Waals surface area contributed by atoms with Gasteiger partial charge in [0.15, 0.2) is 0 Å². The molecule has 2 N–H and O–H groups in total. The van der Waals surface area contributed by atoms with E-state index in [1.165, 1.54) is 37.7 Å². The molecule has 0 bridgehead atoms. The minimum absolute atomic E-state index is 0.382. The van der Waals surface area contributed by atoms with Crippen molar-refractivity contribution in [3.05, 3.63) is 22.4 Å². The van der Waals surface area contributed by atoms with Crippen molar-refractivity contribution in [3.8, 4) is 0 Å². The number of nitrogens with two attached hydrogens (primary N) is 1. The molecule has 0 aliphatic heterocycles. The number of rotatable bonds is 4. The van der Waals surface area contributed by atoms with Crippen LogP contribution in [0.5, 0.6) is 0 Å². The lowest BCUT2D eigenvalue weighted by Crippen LogP contribution is -2.25. The second-order valence-electron chi connectivity index (χ2n) is 4.48. The van der Waals surface area contributed by atoms with Crippen LogP contribution in [0.15, 0.2) is 16.8 Å². The molecule has 1 unspecified atom stereocenters. The van der Waals surface area contributed by atoms with Gasteiger partial charge in [-0.3, -0.25) is 0 Å². The van der Waals surface area contributed by atoms with Crippen molar-refractivity contribution < 1.29 is 0 Å². The SMILES string of the molecule is NC(Cc1ccsc1)CC1CCCC1. The quantitative estimate of drug-likeness (QED) is 0.809. The molecular formula is C12H19NS. The highest BCUT2D eigenvalue weighted by Gasteiger charge is 2.18. The van der Waals surface area contributed by atoms with E-state index in [0.717, 1.165) is 12.3 Å². The molecule has 14 heavy (non-hydrogen) atoms. The Hall–Kier alpha value is -0.340. The van der Waals surface area contributed by atoms with Crippen molar-refractivity contribution in [3.63, 3.8) is 0 Å². The van der Waals surface area contributed by atoms with Crippen LogP contribution in [0.3, 0.4) is 0 Å². The topological polar surface area (TPSA) is 26.0 Å². The molecular weight excluding hydrogens is 190 g/mol. The minimum Gasteiger partial charge on any atom is -0.327 e. The van der Waals surface area contributed by atoms with Crippen molar-refractivity contribution in [1.29, 1.82) is 0 Å². The van der Waals surface area contributed by atoms with Crippen molar-refractivity contribution in [1.82, 2.24) is 0 Å². The van der Waals surface area contributed by atoms with Crippen LogP contribution in [0.1, 0.15) is 37.7 Å². The predicted molar refractivity (Wildman–Crippen MR) is 62.6 cm³/mol. The lowest BCUT2D eigenvalue weighted by Gasteiger charge is -2.15. The first-order chi connectivity index (χ1) is 6.84. The summed E-state index contributed by atoms with van der Waals surface area (Å²) in [5.74, 6) is 0.920. The molecule has 1 heterocycles. The standard InChI is InChI=1S/C12H19NS/c13-12(7-10-3-1-2-4-10)8-11-5-6-14-9-11/h5-6,9-10,12H,1-4,7-8,13H2. The first-order valence-corrected chi connectivity index (χ1v) is 6.55. The molecule has 1 fully saturated rings.